The van der Waals surface area contributed by atoms with Crippen molar-refractivity contribution in [1.82, 2.24) is 9.29 Å². The number of methoxy groups -OCH3 is 2. The quantitative estimate of drug-likeness (QED) is 0.507. The molecule has 0 bridgehead atoms. The van der Waals surface area contributed by atoms with Gasteiger partial charge in [-0.2, -0.15) is 17.5 Å². The SMILES string of the molecule is COc1cc2cc(CN(CCO)S(=O)(=O)c3cccc(C(F)(F)F)c3)c(=O)[nH]c2cc1OC. The van der Waals surface area contributed by atoms with Crippen LogP contribution in [0, 0.1) is 0 Å². The molecule has 2 aromatic carbocycles. The molecular formula is C21H21F3N2O6S. The third kappa shape index (κ3) is 5.13. The number of rotatable bonds is 8. The number of aliphatic hydroxyl groups is 1. The maximum atomic E-state index is 13.1. The van der Waals surface area contributed by atoms with Gasteiger partial charge in [-0.25, -0.2) is 8.42 Å². The Morgan fingerprint density at radius 2 is 1.73 bits per heavy atom. The number of sulfonamides is 1. The summed E-state index contributed by atoms with van der Waals surface area (Å²) in [5, 5.41) is 9.89. The van der Waals surface area contributed by atoms with E-state index in [0.717, 1.165) is 22.5 Å². The summed E-state index contributed by atoms with van der Waals surface area (Å²) >= 11 is 0. The second-order valence-electron chi connectivity index (χ2n) is 7.01. The van der Waals surface area contributed by atoms with Crippen molar-refractivity contribution in [2.75, 3.05) is 27.4 Å². The molecule has 0 aliphatic rings. The highest BCUT2D eigenvalue weighted by Crippen LogP contribution is 2.32. The molecule has 0 radical (unpaired) electrons. The van der Waals surface area contributed by atoms with Gasteiger partial charge in [-0.05, 0) is 30.3 Å². The number of benzene rings is 2. The van der Waals surface area contributed by atoms with Crippen molar-refractivity contribution in [3.8, 4) is 11.5 Å². The molecule has 0 saturated carbocycles. The number of nitrogens with zero attached hydrogens (tertiary/aromatic N) is 1. The Kier molecular flexibility index (Phi) is 7.00. The number of H-pyrrole nitrogens is 1. The van der Waals surface area contributed by atoms with Crippen molar-refractivity contribution in [1.29, 1.82) is 0 Å². The van der Waals surface area contributed by atoms with Crippen LogP contribution in [0.15, 0.2) is 52.2 Å². The Morgan fingerprint density at radius 1 is 1.06 bits per heavy atom. The third-order valence-corrected chi connectivity index (χ3v) is 6.76. The summed E-state index contributed by atoms with van der Waals surface area (Å²) < 4.78 is 76.5. The van der Waals surface area contributed by atoms with Gasteiger partial charge in [0, 0.05) is 30.1 Å². The number of hydrogen-bond acceptors (Lipinski definition) is 6. The standard InChI is InChI=1S/C21H21F3N2O6S/c1-31-18-9-13-8-14(20(28)25-17(13)11-19(18)32-2)12-26(6-7-27)33(29,30)16-5-3-4-15(10-16)21(22,23)24/h3-5,8-11,27H,6-7,12H2,1-2H3,(H,25,28). The fraction of sp³-hybridized carbons (Fsp3) is 0.286. The first-order chi connectivity index (χ1) is 15.5. The van der Waals surface area contributed by atoms with Crippen molar-refractivity contribution in [3.63, 3.8) is 0 Å². The average molecular weight is 486 g/mol. The Balaban J connectivity index is 2.04. The Bertz CT molecular complexity index is 1320. The molecule has 3 rings (SSSR count). The van der Waals surface area contributed by atoms with Crippen LogP contribution < -0.4 is 15.0 Å². The van der Waals surface area contributed by atoms with E-state index in [1.807, 2.05) is 0 Å². The van der Waals surface area contributed by atoms with Gasteiger partial charge in [0.2, 0.25) is 10.0 Å². The summed E-state index contributed by atoms with van der Waals surface area (Å²) in [5.41, 5.74) is -1.29. The number of alkyl halides is 3. The molecule has 3 aromatic rings. The van der Waals surface area contributed by atoms with E-state index >= 15 is 0 Å². The lowest BCUT2D eigenvalue weighted by Gasteiger charge is -2.22. The van der Waals surface area contributed by atoms with Gasteiger partial charge in [0.25, 0.3) is 5.56 Å². The number of fused-ring (bicyclic) bond motifs is 1. The molecule has 0 fully saturated rings. The molecule has 178 valence electrons. The summed E-state index contributed by atoms with van der Waals surface area (Å²) in [7, 11) is -1.60. The largest absolute Gasteiger partial charge is 0.493 e. The van der Waals surface area contributed by atoms with E-state index in [0.29, 0.717) is 28.5 Å². The van der Waals surface area contributed by atoms with Crippen LogP contribution in [0.5, 0.6) is 11.5 Å². The number of ether oxygens (including phenoxy) is 2. The predicted octanol–water partition coefficient (Wildman–Crippen LogP) is 2.75. The Labute approximate surface area is 187 Å². The molecular weight excluding hydrogens is 465 g/mol. The molecule has 0 unspecified atom stereocenters. The smallest absolute Gasteiger partial charge is 0.416 e. The van der Waals surface area contributed by atoms with Gasteiger partial charge in [0.05, 0.1) is 36.8 Å². The molecule has 2 N–H and O–H groups in total. The molecule has 0 amide bonds. The highest BCUT2D eigenvalue weighted by molar-refractivity contribution is 7.89. The van der Waals surface area contributed by atoms with E-state index in [1.165, 1.54) is 20.3 Å². The van der Waals surface area contributed by atoms with Crippen LogP contribution in [-0.2, 0) is 22.7 Å². The van der Waals surface area contributed by atoms with Gasteiger partial charge < -0.3 is 19.6 Å². The predicted molar refractivity (Wildman–Crippen MR) is 114 cm³/mol. The molecule has 33 heavy (non-hydrogen) atoms. The number of aliphatic hydroxyl groups excluding tert-OH is 1. The third-order valence-electron chi connectivity index (χ3n) is 4.92. The summed E-state index contributed by atoms with van der Waals surface area (Å²) in [6.45, 7) is -1.50. The molecule has 0 atom stereocenters. The lowest BCUT2D eigenvalue weighted by atomic mass is 10.1. The van der Waals surface area contributed by atoms with Crippen molar-refractivity contribution < 1.29 is 36.2 Å². The maximum Gasteiger partial charge on any atom is 0.416 e. The summed E-state index contributed by atoms with van der Waals surface area (Å²) in [4.78, 5) is 14.6. The van der Waals surface area contributed by atoms with Crippen LogP contribution in [-0.4, -0.2) is 50.2 Å². The van der Waals surface area contributed by atoms with E-state index in [-0.39, 0.29) is 5.56 Å². The van der Waals surface area contributed by atoms with Crippen LogP contribution in [0.1, 0.15) is 11.1 Å². The van der Waals surface area contributed by atoms with Crippen molar-refractivity contribution >= 4 is 20.9 Å². The normalized spacial score (nSPS) is 12.3. The molecule has 1 aromatic heterocycles. The zero-order valence-electron chi connectivity index (χ0n) is 17.6. The molecule has 0 aliphatic carbocycles. The number of pyridine rings is 1. The topological polar surface area (TPSA) is 109 Å². The first-order valence-corrected chi connectivity index (χ1v) is 11.0. The van der Waals surface area contributed by atoms with Gasteiger partial charge in [-0.1, -0.05) is 6.07 Å². The van der Waals surface area contributed by atoms with E-state index in [1.54, 1.807) is 12.1 Å². The second-order valence-corrected chi connectivity index (χ2v) is 8.94. The van der Waals surface area contributed by atoms with Crippen LogP contribution in [0.25, 0.3) is 10.9 Å². The summed E-state index contributed by atoms with van der Waals surface area (Å²) in [6, 6.07) is 7.86. The highest BCUT2D eigenvalue weighted by atomic mass is 32.2. The van der Waals surface area contributed by atoms with Crippen molar-refractivity contribution in [2.45, 2.75) is 17.6 Å². The molecule has 1 heterocycles. The average Bonchev–Trinajstić information content (AvgIpc) is 2.77. The van der Waals surface area contributed by atoms with Crippen LogP contribution >= 0.6 is 0 Å². The van der Waals surface area contributed by atoms with Gasteiger partial charge in [0.15, 0.2) is 11.5 Å². The van der Waals surface area contributed by atoms with E-state index in [4.69, 9.17) is 9.47 Å². The first-order valence-electron chi connectivity index (χ1n) is 9.57. The molecule has 0 spiro atoms. The zero-order valence-corrected chi connectivity index (χ0v) is 18.5. The maximum absolute atomic E-state index is 13.1. The Hall–Kier alpha value is -3.09. The van der Waals surface area contributed by atoms with E-state index in [2.05, 4.69) is 4.98 Å². The lowest BCUT2D eigenvalue weighted by Crippen LogP contribution is -2.35. The van der Waals surface area contributed by atoms with E-state index < -0.39 is 51.9 Å². The Morgan fingerprint density at radius 3 is 2.33 bits per heavy atom. The van der Waals surface area contributed by atoms with Crippen LogP contribution in [0.3, 0.4) is 0 Å². The highest BCUT2D eigenvalue weighted by Gasteiger charge is 2.33. The van der Waals surface area contributed by atoms with Gasteiger partial charge in [0.1, 0.15) is 0 Å². The summed E-state index contributed by atoms with van der Waals surface area (Å²) in [6.07, 6.45) is -4.73. The number of halogens is 3. The van der Waals surface area contributed by atoms with Crippen LogP contribution in [0.2, 0.25) is 0 Å². The van der Waals surface area contributed by atoms with Crippen LogP contribution in [0.4, 0.5) is 13.2 Å². The lowest BCUT2D eigenvalue weighted by molar-refractivity contribution is -0.137. The minimum absolute atomic E-state index is 0.0266. The minimum atomic E-state index is -4.73. The number of aromatic nitrogens is 1. The second kappa shape index (κ2) is 9.41. The fourth-order valence-corrected chi connectivity index (χ4v) is 4.72. The number of hydrogen-bond donors (Lipinski definition) is 2. The molecule has 8 nitrogen and oxygen atoms in total. The zero-order chi connectivity index (χ0) is 24.4. The number of aromatic amines is 1. The molecule has 0 saturated heterocycles. The van der Waals surface area contributed by atoms with Gasteiger partial charge in [-0.3, -0.25) is 4.79 Å². The van der Waals surface area contributed by atoms with Gasteiger partial charge in [-0.15, -0.1) is 0 Å². The fourth-order valence-electron chi connectivity index (χ4n) is 3.26. The first kappa shape index (κ1) is 24.6. The van der Waals surface area contributed by atoms with Crippen molar-refractivity contribution in [3.05, 3.63) is 63.9 Å². The minimum Gasteiger partial charge on any atom is -0.493 e. The van der Waals surface area contributed by atoms with Crippen molar-refractivity contribution in [2.24, 2.45) is 0 Å². The summed E-state index contributed by atoms with van der Waals surface area (Å²) in [5.74, 6) is 0.759. The molecule has 0 aliphatic heterocycles. The monoisotopic (exact) mass is 486 g/mol. The molecule has 12 heteroatoms. The number of nitrogens with one attached hydrogen (secondary N) is 1. The van der Waals surface area contributed by atoms with Gasteiger partial charge >= 0.3 is 6.18 Å². The van der Waals surface area contributed by atoms with E-state index in [9.17, 15) is 31.5 Å².